The Morgan fingerprint density at radius 2 is 1.96 bits per heavy atom. The molecule has 2 aliphatic rings. The topological polar surface area (TPSA) is 82.8 Å². The van der Waals surface area contributed by atoms with Crippen LogP contribution in [0.4, 0.5) is 0 Å². The Balaban J connectivity index is 0.00000261. The third kappa shape index (κ3) is 5.35. The summed E-state index contributed by atoms with van der Waals surface area (Å²) in [6.07, 6.45) is 3.00. The molecule has 27 heavy (non-hydrogen) atoms. The molecule has 2 aliphatic heterocycles. The van der Waals surface area contributed by atoms with E-state index in [0.717, 1.165) is 31.4 Å². The van der Waals surface area contributed by atoms with E-state index < -0.39 is 0 Å². The standard InChI is InChI=1S/C20H30N2O4.ClH/c1-2-25-16-5-3-15(4-6-16)20(9-11-24-12-10-20)14-22-19(23)18-8-7-17(13-21)26-18;/h3-6,17-18H,2,7-14,21H2,1H3,(H,22,23);1H/t17-,18+;/m1./s1. The predicted molar refractivity (Wildman–Crippen MR) is 107 cm³/mol. The van der Waals surface area contributed by atoms with E-state index in [4.69, 9.17) is 19.9 Å². The van der Waals surface area contributed by atoms with Crippen molar-refractivity contribution in [1.29, 1.82) is 0 Å². The zero-order valence-corrected chi connectivity index (χ0v) is 16.8. The van der Waals surface area contributed by atoms with Crippen molar-refractivity contribution in [2.75, 3.05) is 32.9 Å². The Bertz CT molecular complexity index is 590. The van der Waals surface area contributed by atoms with Crippen LogP contribution in [-0.2, 0) is 19.7 Å². The highest BCUT2D eigenvalue weighted by Crippen LogP contribution is 2.35. The molecule has 0 spiro atoms. The minimum atomic E-state index is -0.374. The van der Waals surface area contributed by atoms with Gasteiger partial charge in [0.15, 0.2) is 0 Å². The fourth-order valence-electron chi connectivity index (χ4n) is 3.84. The fraction of sp³-hybridized carbons (Fsp3) is 0.650. The molecule has 6 nitrogen and oxygen atoms in total. The Hall–Kier alpha value is -1.34. The van der Waals surface area contributed by atoms with Gasteiger partial charge >= 0.3 is 0 Å². The molecule has 2 atom stereocenters. The number of nitrogens with two attached hydrogens (primary N) is 1. The summed E-state index contributed by atoms with van der Waals surface area (Å²) in [5.41, 5.74) is 6.75. The molecule has 1 aromatic rings. The van der Waals surface area contributed by atoms with E-state index in [1.807, 2.05) is 19.1 Å². The maximum absolute atomic E-state index is 12.5. The van der Waals surface area contributed by atoms with Crippen LogP contribution in [-0.4, -0.2) is 51.0 Å². The Kier molecular flexibility index (Phi) is 8.35. The Morgan fingerprint density at radius 1 is 1.26 bits per heavy atom. The van der Waals surface area contributed by atoms with Gasteiger partial charge in [0.05, 0.1) is 12.7 Å². The SMILES string of the molecule is CCOc1ccc(C2(CNC(=O)[C@@H]3CC[C@H](CN)O3)CCOCC2)cc1.Cl. The van der Waals surface area contributed by atoms with Gasteiger partial charge in [-0.25, -0.2) is 0 Å². The summed E-state index contributed by atoms with van der Waals surface area (Å²) in [5.74, 6) is 0.840. The van der Waals surface area contributed by atoms with Crippen molar-refractivity contribution in [3.63, 3.8) is 0 Å². The van der Waals surface area contributed by atoms with Crippen LogP contribution in [0.3, 0.4) is 0 Å². The number of nitrogens with one attached hydrogen (secondary N) is 1. The number of halogens is 1. The lowest BCUT2D eigenvalue weighted by atomic mass is 9.74. The molecule has 0 aromatic heterocycles. The molecule has 7 heteroatoms. The molecule has 0 saturated carbocycles. The molecule has 1 aromatic carbocycles. The van der Waals surface area contributed by atoms with Crippen molar-refractivity contribution in [2.24, 2.45) is 5.73 Å². The average Bonchev–Trinajstić information content (AvgIpc) is 3.17. The van der Waals surface area contributed by atoms with Gasteiger partial charge in [0.2, 0.25) is 5.91 Å². The summed E-state index contributed by atoms with van der Waals surface area (Å²) < 4.78 is 16.8. The Labute approximate surface area is 167 Å². The monoisotopic (exact) mass is 398 g/mol. The van der Waals surface area contributed by atoms with E-state index in [-0.39, 0.29) is 35.9 Å². The Morgan fingerprint density at radius 3 is 2.56 bits per heavy atom. The summed E-state index contributed by atoms with van der Waals surface area (Å²) in [5, 5.41) is 3.13. The van der Waals surface area contributed by atoms with E-state index in [9.17, 15) is 4.79 Å². The number of carbonyl (C=O) groups is 1. The van der Waals surface area contributed by atoms with Crippen LogP contribution in [0.15, 0.2) is 24.3 Å². The molecule has 0 bridgehead atoms. The van der Waals surface area contributed by atoms with Crippen molar-refractivity contribution in [2.45, 2.75) is 50.2 Å². The fourth-order valence-corrected chi connectivity index (χ4v) is 3.84. The zero-order chi connectivity index (χ0) is 18.4. The van der Waals surface area contributed by atoms with Gasteiger partial charge in [-0.2, -0.15) is 0 Å². The van der Waals surface area contributed by atoms with Gasteiger partial charge in [0, 0.05) is 31.7 Å². The minimum absolute atomic E-state index is 0. The number of rotatable bonds is 7. The van der Waals surface area contributed by atoms with Gasteiger partial charge in [-0.05, 0) is 50.3 Å². The second kappa shape index (κ2) is 10.3. The first kappa shape index (κ1) is 22.0. The van der Waals surface area contributed by atoms with Gasteiger partial charge in [0.1, 0.15) is 11.9 Å². The van der Waals surface area contributed by atoms with E-state index in [0.29, 0.717) is 32.9 Å². The van der Waals surface area contributed by atoms with E-state index in [1.54, 1.807) is 0 Å². The number of hydrogen-bond donors (Lipinski definition) is 2. The third-order valence-corrected chi connectivity index (χ3v) is 5.49. The normalized spacial score (nSPS) is 24.1. The van der Waals surface area contributed by atoms with Crippen LogP contribution < -0.4 is 15.8 Å². The number of carbonyl (C=O) groups excluding carboxylic acids is 1. The number of hydrogen-bond acceptors (Lipinski definition) is 5. The maximum Gasteiger partial charge on any atom is 0.249 e. The quantitative estimate of drug-likeness (QED) is 0.735. The van der Waals surface area contributed by atoms with Crippen molar-refractivity contribution in [3.05, 3.63) is 29.8 Å². The molecule has 2 fully saturated rings. The van der Waals surface area contributed by atoms with Gasteiger partial charge < -0.3 is 25.3 Å². The van der Waals surface area contributed by atoms with Crippen LogP contribution in [0.1, 0.15) is 38.2 Å². The van der Waals surface area contributed by atoms with Crippen LogP contribution >= 0.6 is 12.4 Å². The zero-order valence-electron chi connectivity index (χ0n) is 15.9. The van der Waals surface area contributed by atoms with Gasteiger partial charge in [-0.15, -0.1) is 12.4 Å². The molecule has 152 valence electrons. The molecule has 0 aliphatic carbocycles. The first-order valence-corrected chi connectivity index (χ1v) is 9.61. The summed E-state index contributed by atoms with van der Waals surface area (Å²) in [4.78, 5) is 12.5. The molecule has 1 amide bonds. The van der Waals surface area contributed by atoms with Crippen LogP contribution in [0, 0.1) is 0 Å². The van der Waals surface area contributed by atoms with E-state index >= 15 is 0 Å². The third-order valence-electron chi connectivity index (χ3n) is 5.49. The van der Waals surface area contributed by atoms with Crippen molar-refractivity contribution >= 4 is 18.3 Å². The highest BCUT2D eigenvalue weighted by Gasteiger charge is 2.36. The summed E-state index contributed by atoms with van der Waals surface area (Å²) in [6, 6.07) is 8.23. The lowest BCUT2D eigenvalue weighted by molar-refractivity contribution is -0.132. The van der Waals surface area contributed by atoms with Crippen LogP contribution in [0.5, 0.6) is 5.75 Å². The first-order valence-electron chi connectivity index (χ1n) is 9.61. The van der Waals surface area contributed by atoms with E-state index in [1.165, 1.54) is 5.56 Å². The summed E-state index contributed by atoms with van der Waals surface area (Å²) >= 11 is 0. The first-order chi connectivity index (χ1) is 12.7. The van der Waals surface area contributed by atoms with Gasteiger partial charge in [0.25, 0.3) is 0 Å². The lowest BCUT2D eigenvalue weighted by Gasteiger charge is -2.38. The summed E-state index contributed by atoms with van der Waals surface area (Å²) in [6.45, 7) is 5.10. The molecular formula is C20H31ClN2O4. The number of amides is 1. The second-order valence-corrected chi connectivity index (χ2v) is 7.13. The highest BCUT2D eigenvalue weighted by atomic mass is 35.5. The molecule has 3 rings (SSSR count). The molecule has 2 heterocycles. The van der Waals surface area contributed by atoms with E-state index in [2.05, 4.69) is 17.4 Å². The minimum Gasteiger partial charge on any atom is -0.494 e. The summed E-state index contributed by atoms with van der Waals surface area (Å²) in [7, 11) is 0. The number of ether oxygens (including phenoxy) is 3. The number of benzene rings is 1. The maximum atomic E-state index is 12.5. The van der Waals surface area contributed by atoms with Crippen molar-refractivity contribution in [1.82, 2.24) is 5.32 Å². The molecule has 0 unspecified atom stereocenters. The van der Waals surface area contributed by atoms with Crippen LogP contribution in [0.25, 0.3) is 0 Å². The largest absolute Gasteiger partial charge is 0.494 e. The van der Waals surface area contributed by atoms with Gasteiger partial charge in [-0.3, -0.25) is 4.79 Å². The molecule has 3 N–H and O–H groups in total. The van der Waals surface area contributed by atoms with Crippen molar-refractivity contribution in [3.8, 4) is 5.75 Å². The predicted octanol–water partition coefficient (Wildman–Crippen LogP) is 2.18. The highest BCUT2D eigenvalue weighted by molar-refractivity contribution is 5.85. The molecule has 0 radical (unpaired) electrons. The van der Waals surface area contributed by atoms with Crippen LogP contribution in [0.2, 0.25) is 0 Å². The lowest BCUT2D eigenvalue weighted by Crippen LogP contribution is -2.47. The second-order valence-electron chi connectivity index (χ2n) is 7.13. The average molecular weight is 399 g/mol. The molecule has 2 saturated heterocycles. The van der Waals surface area contributed by atoms with Crippen molar-refractivity contribution < 1.29 is 19.0 Å². The smallest absolute Gasteiger partial charge is 0.249 e. The van der Waals surface area contributed by atoms with Gasteiger partial charge in [-0.1, -0.05) is 12.1 Å². The molecular weight excluding hydrogens is 368 g/mol.